The fraction of sp³-hybridized carbons (Fsp3) is 0.419. The summed E-state index contributed by atoms with van der Waals surface area (Å²) in [6.45, 7) is 0.386. The summed E-state index contributed by atoms with van der Waals surface area (Å²) < 4.78 is 55.0. The summed E-state index contributed by atoms with van der Waals surface area (Å²) >= 11 is 1.07. The smallest absolute Gasteiger partial charge is 0.401 e. The number of hydrogen-bond acceptors (Lipinski definition) is 8. The Morgan fingerprint density at radius 3 is 2.53 bits per heavy atom. The molecule has 0 amide bonds. The lowest BCUT2D eigenvalue weighted by Gasteiger charge is -2.23. The highest BCUT2D eigenvalue weighted by Gasteiger charge is 2.67. The van der Waals surface area contributed by atoms with Crippen molar-refractivity contribution in [3.8, 4) is 11.5 Å². The molecule has 1 saturated heterocycles. The molecule has 2 aromatic heterocycles. The summed E-state index contributed by atoms with van der Waals surface area (Å²) in [5, 5.41) is 0.428. The Kier molecular flexibility index (Phi) is 7.66. The number of ketones is 1. The van der Waals surface area contributed by atoms with Crippen LogP contribution in [0.4, 0.5) is 18.3 Å². The van der Waals surface area contributed by atoms with E-state index in [1.54, 1.807) is 18.2 Å². The largest absolute Gasteiger partial charge is 0.497 e. The summed E-state index contributed by atoms with van der Waals surface area (Å²) in [5.74, 6) is 0.648. The van der Waals surface area contributed by atoms with Crippen molar-refractivity contribution in [2.75, 3.05) is 25.7 Å². The molecule has 43 heavy (non-hydrogen) atoms. The zero-order valence-electron chi connectivity index (χ0n) is 23.8. The number of hydrogen-bond donors (Lipinski definition) is 0. The Labute approximate surface area is 250 Å². The third kappa shape index (κ3) is 5.37. The maximum Gasteiger partial charge on any atom is 0.401 e. The Morgan fingerprint density at radius 2 is 1.86 bits per heavy atom. The van der Waals surface area contributed by atoms with Gasteiger partial charge < -0.3 is 14.4 Å². The maximum absolute atomic E-state index is 14.4. The van der Waals surface area contributed by atoms with Crippen molar-refractivity contribution < 1.29 is 27.4 Å². The molecular weight excluding hydrogens is 581 g/mol. The molecule has 2 aliphatic rings. The molecule has 0 bridgehead atoms. The minimum Gasteiger partial charge on any atom is -0.497 e. The van der Waals surface area contributed by atoms with Crippen LogP contribution in [0.5, 0.6) is 11.5 Å². The number of fused-ring (bicyclic) bond motifs is 1. The maximum atomic E-state index is 14.4. The lowest BCUT2D eigenvalue weighted by molar-refractivity contribution is -0.163. The monoisotopic (exact) mass is 612 g/mol. The van der Waals surface area contributed by atoms with Crippen LogP contribution in [0.25, 0.3) is 10.3 Å². The highest BCUT2D eigenvalue weighted by atomic mass is 32.1. The number of ether oxygens (including phenoxy) is 2. The molecule has 226 valence electrons. The number of anilines is 1. The topological polar surface area (TPSA) is 86.5 Å². The van der Waals surface area contributed by atoms with Gasteiger partial charge in [-0.2, -0.15) is 13.2 Å². The average molecular weight is 613 g/mol. The molecule has 3 heterocycles. The van der Waals surface area contributed by atoms with Gasteiger partial charge in [0.15, 0.2) is 21.3 Å². The Hall–Kier alpha value is -3.93. The molecule has 0 spiro atoms. The molecule has 8 nitrogen and oxygen atoms in total. The molecule has 2 fully saturated rings. The minimum atomic E-state index is -4.58. The fourth-order valence-electron chi connectivity index (χ4n) is 5.85. The molecule has 0 N–H and O–H groups in total. The Morgan fingerprint density at radius 1 is 1.09 bits per heavy atom. The van der Waals surface area contributed by atoms with Gasteiger partial charge in [0, 0.05) is 24.6 Å². The first-order valence-electron chi connectivity index (χ1n) is 14.2. The number of benzene rings is 2. The first kappa shape index (κ1) is 29.2. The van der Waals surface area contributed by atoms with Gasteiger partial charge in [-0.25, -0.2) is 9.97 Å². The standard InChI is InChI=1S/C31H31F3N4O4S/c1-41-21-12-11-20(24(17-21)42-2)18-38-27(40)25-26(36-28(38)30(14-15-30)31(32,33)34)43-29(35-25)37-16-6-9-22(37)23(39)13-10-19-7-4-3-5-8-19/h3-5,7-8,11-12,17,22H,6,9-10,13-16,18H2,1-2H3/t22-/m1/s1. The number of halogens is 3. The lowest BCUT2D eigenvalue weighted by Crippen LogP contribution is -2.37. The molecule has 1 saturated carbocycles. The van der Waals surface area contributed by atoms with E-state index in [2.05, 4.69) is 9.97 Å². The number of Topliss-reactive ketones (excluding diaryl/α,β-unsaturated/α-hetero) is 1. The van der Waals surface area contributed by atoms with Crippen LogP contribution in [0, 0.1) is 0 Å². The number of alkyl halides is 3. The molecule has 0 unspecified atom stereocenters. The summed E-state index contributed by atoms with van der Waals surface area (Å²) in [6, 6.07) is 14.3. The normalized spacial score (nSPS) is 17.8. The van der Waals surface area contributed by atoms with Gasteiger partial charge in [0.2, 0.25) is 0 Å². The first-order chi connectivity index (χ1) is 20.6. The zero-order chi connectivity index (χ0) is 30.4. The molecule has 6 rings (SSSR count). The second-order valence-electron chi connectivity index (χ2n) is 11.0. The molecule has 1 aliphatic heterocycles. The second-order valence-corrected chi connectivity index (χ2v) is 12.0. The number of methoxy groups -OCH3 is 2. The first-order valence-corrected chi connectivity index (χ1v) is 15.0. The fourth-order valence-corrected chi connectivity index (χ4v) is 6.86. The van der Waals surface area contributed by atoms with E-state index in [1.165, 1.54) is 14.2 Å². The molecule has 2 aromatic carbocycles. The van der Waals surface area contributed by atoms with Gasteiger partial charge in [-0.3, -0.25) is 14.2 Å². The van der Waals surface area contributed by atoms with Crippen molar-refractivity contribution in [1.82, 2.24) is 14.5 Å². The Balaban J connectivity index is 1.38. The quantitative estimate of drug-likeness (QED) is 0.228. The van der Waals surface area contributed by atoms with Crippen molar-refractivity contribution in [1.29, 1.82) is 0 Å². The predicted octanol–water partition coefficient (Wildman–Crippen LogP) is 5.68. The molecular formula is C31H31F3N4O4S. The third-order valence-electron chi connectivity index (χ3n) is 8.43. The van der Waals surface area contributed by atoms with E-state index in [0.717, 1.165) is 27.9 Å². The summed E-state index contributed by atoms with van der Waals surface area (Å²) in [7, 11) is 2.94. The van der Waals surface area contributed by atoms with Crippen molar-refractivity contribution in [3.63, 3.8) is 0 Å². The lowest BCUT2D eigenvalue weighted by atomic mass is 10.0. The van der Waals surface area contributed by atoms with E-state index in [1.807, 2.05) is 35.2 Å². The van der Waals surface area contributed by atoms with Gasteiger partial charge in [-0.1, -0.05) is 41.7 Å². The molecule has 0 radical (unpaired) electrons. The van der Waals surface area contributed by atoms with Gasteiger partial charge in [-0.05, 0) is 49.8 Å². The average Bonchev–Trinajstić information content (AvgIpc) is 3.49. The summed E-state index contributed by atoms with van der Waals surface area (Å²) in [5.41, 5.74) is -1.28. The van der Waals surface area contributed by atoms with Crippen LogP contribution >= 0.6 is 11.3 Å². The second kappa shape index (κ2) is 11.3. The van der Waals surface area contributed by atoms with Crippen LogP contribution in [0.15, 0.2) is 53.3 Å². The highest BCUT2D eigenvalue weighted by Crippen LogP contribution is 2.58. The number of rotatable bonds is 10. The van der Waals surface area contributed by atoms with E-state index >= 15 is 0 Å². The minimum absolute atomic E-state index is 0.00316. The molecule has 12 heteroatoms. The van der Waals surface area contributed by atoms with E-state index in [0.29, 0.717) is 48.0 Å². The van der Waals surface area contributed by atoms with E-state index in [4.69, 9.17) is 9.47 Å². The van der Waals surface area contributed by atoms with Gasteiger partial charge in [0.1, 0.15) is 22.7 Å². The number of aryl methyl sites for hydroxylation is 1. The summed E-state index contributed by atoms with van der Waals surface area (Å²) in [4.78, 5) is 38.3. The Bertz CT molecular complexity index is 1720. The van der Waals surface area contributed by atoms with Gasteiger partial charge in [-0.15, -0.1) is 0 Å². The third-order valence-corrected chi connectivity index (χ3v) is 9.41. The van der Waals surface area contributed by atoms with Crippen LogP contribution in [0.2, 0.25) is 0 Å². The van der Waals surface area contributed by atoms with E-state index in [-0.39, 0.29) is 41.3 Å². The van der Waals surface area contributed by atoms with Crippen LogP contribution in [0.3, 0.4) is 0 Å². The van der Waals surface area contributed by atoms with Gasteiger partial charge >= 0.3 is 6.18 Å². The van der Waals surface area contributed by atoms with Crippen LogP contribution < -0.4 is 19.9 Å². The number of carbonyl (C=O) groups excluding carboxylic acids is 1. The van der Waals surface area contributed by atoms with Crippen molar-refractivity contribution in [2.24, 2.45) is 0 Å². The zero-order valence-corrected chi connectivity index (χ0v) is 24.6. The molecule has 1 aliphatic carbocycles. The van der Waals surface area contributed by atoms with Crippen LogP contribution in [-0.4, -0.2) is 53.3 Å². The number of nitrogens with zero attached hydrogens (tertiary/aromatic N) is 4. The number of thiazole rings is 1. The molecule has 1 atom stereocenters. The highest BCUT2D eigenvalue weighted by molar-refractivity contribution is 7.21. The van der Waals surface area contributed by atoms with Crippen molar-refractivity contribution in [2.45, 2.75) is 62.7 Å². The van der Waals surface area contributed by atoms with Crippen LogP contribution in [-0.2, 0) is 23.2 Å². The van der Waals surface area contributed by atoms with Crippen molar-refractivity contribution in [3.05, 3.63) is 75.8 Å². The van der Waals surface area contributed by atoms with Gasteiger partial charge in [0.25, 0.3) is 5.56 Å². The molecule has 4 aromatic rings. The van der Waals surface area contributed by atoms with Crippen molar-refractivity contribution >= 4 is 32.6 Å². The SMILES string of the molecule is COc1ccc(Cn2c(C3(C(F)(F)F)CC3)nc3sc(N4CCC[C@@H]4C(=O)CCc4ccccc4)nc3c2=O)c(OC)c1. The van der Waals surface area contributed by atoms with E-state index in [9.17, 15) is 22.8 Å². The van der Waals surface area contributed by atoms with E-state index < -0.39 is 23.2 Å². The number of aromatic nitrogens is 3. The number of carbonyl (C=O) groups is 1. The van der Waals surface area contributed by atoms with Crippen LogP contribution in [0.1, 0.15) is 49.1 Å². The van der Waals surface area contributed by atoms with Gasteiger partial charge in [0.05, 0.1) is 26.8 Å². The summed E-state index contributed by atoms with van der Waals surface area (Å²) in [6.07, 6.45) is -2.47. The predicted molar refractivity (Wildman–Crippen MR) is 157 cm³/mol.